The van der Waals surface area contributed by atoms with Crippen LogP contribution in [0.15, 0.2) is 48.5 Å². The minimum atomic E-state index is -0.420. The number of halogens is 1. The topological polar surface area (TPSA) is 67.9 Å². The van der Waals surface area contributed by atoms with E-state index in [-0.39, 0.29) is 31.4 Å². The van der Waals surface area contributed by atoms with E-state index < -0.39 is 5.97 Å². The summed E-state index contributed by atoms with van der Waals surface area (Å²) < 4.78 is 23.1. The lowest BCUT2D eigenvalue weighted by atomic mass is 10.2. The minimum Gasteiger partial charge on any atom is -0.497 e. The van der Waals surface area contributed by atoms with Gasteiger partial charge in [0.15, 0.2) is 0 Å². The lowest BCUT2D eigenvalue weighted by molar-refractivity contribution is -0.144. The van der Waals surface area contributed by atoms with Gasteiger partial charge in [0.2, 0.25) is 5.91 Å². The average Bonchev–Trinajstić information content (AvgIpc) is 2.64. The van der Waals surface area contributed by atoms with Gasteiger partial charge in [0.1, 0.15) is 11.6 Å². The normalized spacial score (nSPS) is 10.5. The second-order valence-corrected chi connectivity index (χ2v) is 5.85. The quantitative estimate of drug-likeness (QED) is 0.684. The van der Waals surface area contributed by atoms with Gasteiger partial charge in [-0.05, 0) is 48.9 Å². The van der Waals surface area contributed by atoms with E-state index in [1.807, 2.05) is 0 Å². The van der Waals surface area contributed by atoms with Crippen molar-refractivity contribution in [3.63, 3.8) is 0 Å². The summed E-state index contributed by atoms with van der Waals surface area (Å²) in [4.78, 5) is 25.8. The number of carbonyl (C=O) groups excluding carboxylic acids is 2. The maximum atomic E-state index is 13.1. The predicted octanol–water partition coefficient (Wildman–Crippen LogP) is 2.84. The first kappa shape index (κ1) is 20.4. The van der Waals surface area contributed by atoms with E-state index >= 15 is 0 Å². The third-order valence-corrected chi connectivity index (χ3v) is 3.72. The highest BCUT2D eigenvalue weighted by molar-refractivity contribution is 5.92. The third kappa shape index (κ3) is 7.07. The molecule has 0 aliphatic carbocycles. The predicted molar refractivity (Wildman–Crippen MR) is 99.9 cm³/mol. The molecule has 6 nitrogen and oxygen atoms in total. The molecule has 144 valence electrons. The smallest absolute Gasteiger partial charge is 0.320 e. The molecule has 0 atom stereocenters. The van der Waals surface area contributed by atoms with E-state index in [1.165, 1.54) is 12.1 Å². The maximum absolute atomic E-state index is 13.1. The van der Waals surface area contributed by atoms with Gasteiger partial charge in [0.05, 0.1) is 26.8 Å². The van der Waals surface area contributed by atoms with Crippen molar-refractivity contribution in [1.29, 1.82) is 0 Å². The molecule has 0 saturated heterocycles. The van der Waals surface area contributed by atoms with Crippen molar-refractivity contribution < 1.29 is 23.5 Å². The van der Waals surface area contributed by atoms with Crippen molar-refractivity contribution in [3.8, 4) is 5.75 Å². The number of anilines is 1. The second kappa shape index (κ2) is 10.3. The fraction of sp³-hybridized carbons (Fsp3) is 0.300. The number of carbonyl (C=O) groups is 2. The van der Waals surface area contributed by atoms with Crippen LogP contribution in [0, 0.1) is 5.82 Å². The Labute approximate surface area is 157 Å². The first-order chi connectivity index (χ1) is 13.0. The molecular formula is C20H23FN2O4. The third-order valence-electron chi connectivity index (χ3n) is 3.72. The molecule has 27 heavy (non-hydrogen) atoms. The molecule has 0 aliphatic heterocycles. The number of nitrogens with one attached hydrogen (secondary N) is 1. The highest BCUT2D eigenvalue weighted by atomic mass is 19.1. The van der Waals surface area contributed by atoms with Gasteiger partial charge >= 0.3 is 5.97 Å². The van der Waals surface area contributed by atoms with Crippen molar-refractivity contribution in [3.05, 3.63) is 59.9 Å². The summed E-state index contributed by atoms with van der Waals surface area (Å²) >= 11 is 0. The van der Waals surface area contributed by atoms with Gasteiger partial charge in [-0.3, -0.25) is 14.5 Å². The Hall–Kier alpha value is -2.93. The summed E-state index contributed by atoms with van der Waals surface area (Å²) in [5.74, 6) is -0.343. The molecule has 0 radical (unpaired) electrons. The Morgan fingerprint density at radius 1 is 1.04 bits per heavy atom. The minimum absolute atomic E-state index is 0.0117. The molecule has 2 aromatic rings. The summed E-state index contributed by atoms with van der Waals surface area (Å²) in [5.41, 5.74) is 1.41. The number of amides is 1. The molecule has 0 fully saturated rings. The summed E-state index contributed by atoms with van der Waals surface area (Å²) in [6, 6.07) is 12.9. The molecular weight excluding hydrogens is 351 g/mol. The number of hydrogen-bond donors (Lipinski definition) is 1. The van der Waals surface area contributed by atoms with Gasteiger partial charge in [-0.25, -0.2) is 4.39 Å². The zero-order chi connectivity index (χ0) is 19.6. The molecule has 0 bridgehead atoms. The largest absolute Gasteiger partial charge is 0.497 e. The second-order valence-electron chi connectivity index (χ2n) is 5.85. The Morgan fingerprint density at radius 3 is 2.30 bits per heavy atom. The van der Waals surface area contributed by atoms with Crippen LogP contribution in [0.25, 0.3) is 0 Å². The van der Waals surface area contributed by atoms with Gasteiger partial charge in [-0.2, -0.15) is 0 Å². The molecule has 1 N–H and O–H groups in total. The van der Waals surface area contributed by atoms with Crippen molar-refractivity contribution in [2.24, 2.45) is 0 Å². The van der Waals surface area contributed by atoms with E-state index in [0.29, 0.717) is 18.0 Å². The Morgan fingerprint density at radius 2 is 1.70 bits per heavy atom. The first-order valence-corrected chi connectivity index (χ1v) is 8.56. The molecule has 1 amide bonds. The zero-order valence-corrected chi connectivity index (χ0v) is 15.4. The zero-order valence-electron chi connectivity index (χ0n) is 15.4. The number of methoxy groups -OCH3 is 1. The van der Waals surface area contributed by atoms with Crippen LogP contribution in [0.2, 0.25) is 0 Å². The summed E-state index contributed by atoms with van der Waals surface area (Å²) in [6.07, 6.45) is 0. The number of rotatable bonds is 9. The monoisotopic (exact) mass is 374 g/mol. The Kier molecular flexibility index (Phi) is 7.76. The maximum Gasteiger partial charge on any atom is 0.320 e. The van der Waals surface area contributed by atoms with Gasteiger partial charge in [0, 0.05) is 12.2 Å². The van der Waals surface area contributed by atoms with Crippen LogP contribution < -0.4 is 10.1 Å². The molecule has 2 rings (SSSR count). The number of hydrogen-bond acceptors (Lipinski definition) is 5. The van der Waals surface area contributed by atoms with E-state index in [4.69, 9.17) is 9.47 Å². The van der Waals surface area contributed by atoms with Crippen LogP contribution in [0.5, 0.6) is 5.75 Å². The van der Waals surface area contributed by atoms with E-state index in [2.05, 4.69) is 5.32 Å². The van der Waals surface area contributed by atoms with Gasteiger partial charge < -0.3 is 14.8 Å². The van der Waals surface area contributed by atoms with Crippen LogP contribution in [-0.4, -0.2) is 43.6 Å². The number of ether oxygens (including phenoxy) is 2. The van der Waals surface area contributed by atoms with Crippen molar-refractivity contribution in [2.45, 2.75) is 13.5 Å². The van der Waals surface area contributed by atoms with Crippen molar-refractivity contribution in [2.75, 3.05) is 32.1 Å². The van der Waals surface area contributed by atoms with Gasteiger partial charge in [-0.15, -0.1) is 0 Å². The van der Waals surface area contributed by atoms with E-state index in [0.717, 1.165) is 5.56 Å². The number of esters is 1. The molecule has 0 unspecified atom stereocenters. The van der Waals surface area contributed by atoms with Crippen LogP contribution in [0.3, 0.4) is 0 Å². The van der Waals surface area contributed by atoms with Crippen LogP contribution in [0.4, 0.5) is 10.1 Å². The fourth-order valence-corrected chi connectivity index (χ4v) is 2.48. The Balaban J connectivity index is 2.01. The average molecular weight is 374 g/mol. The summed E-state index contributed by atoms with van der Waals surface area (Å²) in [6.45, 7) is 2.25. The SMILES string of the molecule is CCOC(=O)CN(CC(=O)Nc1ccc(OC)cc1)Cc1ccc(F)cc1. The molecule has 0 spiro atoms. The van der Waals surface area contributed by atoms with Crippen LogP contribution in [-0.2, 0) is 20.9 Å². The Bertz CT molecular complexity index is 748. The lowest BCUT2D eigenvalue weighted by Crippen LogP contribution is -2.37. The van der Waals surface area contributed by atoms with E-state index in [1.54, 1.807) is 55.3 Å². The number of nitrogens with zero attached hydrogens (tertiary/aromatic N) is 1. The molecule has 0 aliphatic rings. The fourth-order valence-electron chi connectivity index (χ4n) is 2.48. The molecule has 0 heterocycles. The lowest BCUT2D eigenvalue weighted by Gasteiger charge is -2.21. The van der Waals surface area contributed by atoms with Crippen LogP contribution >= 0.6 is 0 Å². The standard InChI is InChI=1S/C20H23FN2O4/c1-3-27-20(25)14-23(12-15-4-6-16(21)7-5-15)13-19(24)22-17-8-10-18(26-2)11-9-17/h4-11H,3,12-14H2,1-2H3,(H,22,24). The van der Waals surface area contributed by atoms with Gasteiger partial charge in [-0.1, -0.05) is 12.1 Å². The van der Waals surface area contributed by atoms with Crippen molar-refractivity contribution >= 4 is 17.6 Å². The van der Waals surface area contributed by atoms with Gasteiger partial charge in [0.25, 0.3) is 0 Å². The molecule has 7 heteroatoms. The summed E-state index contributed by atoms with van der Waals surface area (Å²) in [7, 11) is 1.57. The number of benzene rings is 2. The molecule has 0 aromatic heterocycles. The van der Waals surface area contributed by atoms with Crippen molar-refractivity contribution in [1.82, 2.24) is 4.90 Å². The highest BCUT2D eigenvalue weighted by Gasteiger charge is 2.16. The molecule has 0 saturated carbocycles. The van der Waals surface area contributed by atoms with Crippen LogP contribution in [0.1, 0.15) is 12.5 Å². The first-order valence-electron chi connectivity index (χ1n) is 8.56. The molecule has 2 aromatic carbocycles. The summed E-state index contributed by atoms with van der Waals surface area (Å²) in [5, 5.41) is 2.78. The van der Waals surface area contributed by atoms with E-state index in [9.17, 15) is 14.0 Å². The highest BCUT2D eigenvalue weighted by Crippen LogP contribution is 2.15.